The van der Waals surface area contributed by atoms with Gasteiger partial charge in [0.05, 0.1) is 5.56 Å². The summed E-state index contributed by atoms with van der Waals surface area (Å²) in [5.74, 6) is -0.593. The van der Waals surface area contributed by atoms with Gasteiger partial charge >= 0.3 is 0 Å². The SMILES string of the molecule is NC(=O)c1cc(Nc2nc3ccnc(-c4ccccc4)n3n2)ccc1F. The maximum Gasteiger partial charge on any atom is 0.251 e. The van der Waals surface area contributed by atoms with E-state index >= 15 is 0 Å². The van der Waals surface area contributed by atoms with E-state index in [0.717, 1.165) is 11.6 Å². The molecule has 0 aliphatic carbocycles. The molecule has 2 aromatic carbocycles. The first-order valence-electron chi connectivity index (χ1n) is 7.75. The second-order valence-electron chi connectivity index (χ2n) is 5.52. The van der Waals surface area contributed by atoms with Crippen molar-refractivity contribution < 1.29 is 9.18 Å². The van der Waals surface area contributed by atoms with Gasteiger partial charge in [-0.1, -0.05) is 30.3 Å². The number of hydrogen-bond donors (Lipinski definition) is 2. The van der Waals surface area contributed by atoms with Crippen molar-refractivity contribution >= 4 is 23.2 Å². The van der Waals surface area contributed by atoms with E-state index in [-0.39, 0.29) is 11.5 Å². The zero-order valence-corrected chi connectivity index (χ0v) is 13.4. The van der Waals surface area contributed by atoms with Crippen LogP contribution in [0.3, 0.4) is 0 Å². The lowest BCUT2D eigenvalue weighted by molar-refractivity contribution is 0.0996. The number of carbonyl (C=O) groups is 1. The van der Waals surface area contributed by atoms with Gasteiger partial charge in [-0.15, -0.1) is 5.10 Å². The fourth-order valence-electron chi connectivity index (χ4n) is 2.58. The van der Waals surface area contributed by atoms with Gasteiger partial charge in [0.2, 0.25) is 5.95 Å². The minimum Gasteiger partial charge on any atom is -0.366 e. The van der Waals surface area contributed by atoms with Gasteiger partial charge in [-0.05, 0) is 18.2 Å². The first-order chi connectivity index (χ1) is 12.6. The summed E-state index contributed by atoms with van der Waals surface area (Å²) in [6, 6.07) is 15.3. The van der Waals surface area contributed by atoms with Crippen molar-refractivity contribution in [3.63, 3.8) is 0 Å². The lowest BCUT2D eigenvalue weighted by Crippen LogP contribution is -2.13. The molecule has 2 aromatic heterocycles. The molecule has 0 atom stereocenters. The molecule has 7 nitrogen and oxygen atoms in total. The van der Waals surface area contributed by atoms with Gasteiger partial charge < -0.3 is 11.1 Å². The Hall–Kier alpha value is -3.81. The third-order valence-electron chi connectivity index (χ3n) is 3.77. The monoisotopic (exact) mass is 348 g/mol. The Morgan fingerprint density at radius 1 is 1.12 bits per heavy atom. The average Bonchev–Trinajstić information content (AvgIpc) is 3.06. The maximum atomic E-state index is 13.6. The predicted octanol–water partition coefficient (Wildman–Crippen LogP) is 2.77. The predicted molar refractivity (Wildman–Crippen MR) is 94.4 cm³/mol. The largest absolute Gasteiger partial charge is 0.366 e. The van der Waals surface area contributed by atoms with E-state index in [0.29, 0.717) is 17.2 Å². The number of carbonyl (C=O) groups excluding carboxylic acids is 1. The van der Waals surface area contributed by atoms with Crippen LogP contribution in [0.4, 0.5) is 16.0 Å². The molecule has 0 aliphatic rings. The second-order valence-corrected chi connectivity index (χ2v) is 5.52. The van der Waals surface area contributed by atoms with Gasteiger partial charge in [0.1, 0.15) is 5.82 Å². The lowest BCUT2D eigenvalue weighted by atomic mass is 10.2. The molecule has 26 heavy (non-hydrogen) atoms. The molecule has 8 heteroatoms. The lowest BCUT2D eigenvalue weighted by Gasteiger charge is -2.04. The molecular weight excluding hydrogens is 335 g/mol. The standard InChI is InChI=1S/C18H13FN6O/c19-14-7-6-12(10-13(14)16(20)26)22-18-23-15-8-9-21-17(25(15)24-18)11-4-2-1-3-5-11/h1-10H,(H2,20,26)(H,22,24). The number of nitrogens with zero attached hydrogens (tertiary/aromatic N) is 4. The molecule has 2 heterocycles. The molecule has 128 valence electrons. The van der Waals surface area contributed by atoms with Crippen molar-refractivity contribution in [2.24, 2.45) is 5.73 Å². The Balaban J connectivity index is 1.73. The molecule has 0 saturated carbocycles. The number of fused-ring (bicyclic) bond motifs is 1. The van der Waals surface area contributed by atoms with Gasteiger partial charge in [0.15, 0.2) is 11.5 Å². The minimum absolute atomic E-state index is 0.203. The van der Waals surface area contributed by atoms with Crippen LogP contribution in [0, 0.1) is 5.82 Å². The molecule has 0 fully saturated rings. The molecule has 0 unspecified atom stereocenters. The van der Waals surface area contributed by atoms with Gasteiger partial charge in [0, 0.05) is 23.5 Å². The normalized spacial score (nSPS) is 10.8. The highest BCUT2D eigenvalue weighted by Gasteiger charge is 2.12. The van der Waals surface area contributed by atoms with Crippen molar-refractivity contribution in [1.82, 2.24) is 19.6 Å². The minimum atomic E-state index is -0.843. The number of halogens is 1. The first kappa shape index (κ1) is 15.7. The average molecular weight is 348 g/mol. The summed E-state index contributed by atoms with van der Waals surface area (Å²) in [7, 11) is 0. The number of rotatable bonds is 4. The third kappa shape index (κ3) is 2.84. The van der Waals surface area contributed by atoms with Crippen molar-refractivity contribution in [2.45, 2.75) is 0 Å². The van der Waals surface area contributed by atoms with Crippen LogP contribution < -0.4 is 11.1 Å². The summed E-state index contributed by atoms with van der Waals surface area (Å²) in [6.07, 6.45) is 1.65. The Kier molecular flexibility index (Phi) is 3.77. The highest BCUT2D eigenvalue weighted by atomic mass is 19.1. The topological polar surface area (TPSA) is 98.2 Å². The van der Waals surface area contributed by atoms with Crippen LogP contribution in [0.15, 0.2) is 60.8 Å². The van der Waals surface area contributed by atoms with E-state index in [1.54, 1.807) is 16.8 Å². The van der Waals surface area contributed by atoms with E-state index in [4.69, 9.17) is 5.73 Å². The summed E-state index contributed by atoms with van der Waals surface area (Å²) >= 11 is 0. The van der Waals surface area contributed by atoms with Gasteiger partial charge in [-0.25, -0.2) is 9.37 Å². The van der Waals surface area contributed by atoms with Crippen LogP contribution in [0.5, 0.6) is 0 Å². The van der Waals surface area contributed by atoms with Crippen LogP contribution in [-0.2, 0) is 0 Å². The van der Waals surface area contributed by atoms with Crippen LogP contribution in [0.1, 0.15) is 10.4 Å². The Labute approximate surface area is 147 Å². The van der Waals surface area contributed by atoms with Crippen molar-refractivity contribution in [3.8, 4) is 11.4 Å². The summed E-state index contributed by atoms with van der Waals surface area (Å²) < 4.78 is 15.2. The molecule has 0 bridgehead atoms. The second kappa shape index (κ2) is 6.25. The molecule has 4 rings (SSSR count). The molecule has 0 spiro atoms. The van der Waals surface area contributed by atoms with E-state index in [2.05, 4.69) is 20.4 Å². The number of hydrogen-bond acceptors (Lipinski definition) is 5. The van der Waals surface area contributed by atoms with E-state index in [1.165, 1.54) is 12.1 Å². The Bertz CT molecular complexity index is 1110. The van der Waals surface area contributed by atoms with E-state index < -0.39 is 11.7 Å². The highest BCUT2D eigenvalue weighted by molar-refractivity contribution is 5.94. The first-order valence-corrected chi connectivity index (χ1v) is 7.75. The van der Waals surface area contributed by atoms with Crippen LogP contribution >= 0.6 is 0 Å². The van der Waals surface area contributed by atoms with Gasteiger partial charge in [-0.2, -0.15) is 9.50 Å². The molecule has 1 amide bonds. The van der Waals surface area contributed by atoms with Crippen LogP contribution in [0.25, 0.3) is 17.0 Å². The molecule has 0 radical (unpaired) electrons. The summed E-state index contributed by atoms with van der Waals surface area (Å²) in [5, 5.41) is 7.35. The summed E-state index contributed by atoms with van der Waals surface area (Å²) in [4.78, 5) is 20.0. The number of aromatic nitrogens is 4. The third-order valence-corrected chi connectivity index (χ3v) is 3.77. The number of benzene rings is 2. The maximum absolute atomic E-state index is 13.6. The van der Waals surface area contributed by atoms with Crippen LogP contribution in [-0.4, -0.2) is 25.5 Å². The summed E-state index contributed by atoms with van der Waals surface area (Å²) in [5.41, 5.74) is 6.91. The Morgan fingerprint density at radius 2 is 1.92 bits per heavy atom. The Morgan fingerprint density at radius 3 is 2.69 bits per heavy atom. The number of nitrogens with two attached hydrogens (primary N) is 1. The van der Waals surface area contributed by atoms with Crippen molar-refractivity contribution in [2.75, 3.05) is 5.32 Å². The quantitative estimate of drug-likeness (QED) is 0.591. The molecular formula is C18H13FN6O. The molecule has 0 aliphatic heterocycles. The molecule has 0 saturated heterocycles. The van der Waals surface area contributed by atoms with Crippen molar-refractivity contribution in [3.05, 3.63) is 72.2 Å². The fraction of sp³-hybridized carbons (Fsp3) is 0. The number of primary amides is 1. The van der Waals surface area contributed by atoms with Gasteiger partial charge in [-0.3, -0.25) is 4.79 Å². The van der Waals surface area contributed by atoms with E-state index in [1.807, 2.05) is 30.3 Å². The number of amides is 1. The molecule has 3 N–H and O–H groups in total. The summed E-state index contributed by atoms with van der Waals surface area (Å²) in [6.45, 7) is 0. The highest BCUT2D eigenvalue weighted by Crippen LogP contribution is 2.21. The number of nitrogens with one attached hydrogen (secondary N) is 1. The number of anilines is 2. The van der Waals surface area contributed by atoms with E-state index in [9.17, 15) is 9.18 Å². The zero-order valence-electron chi connectivity index (χ0n) is 13.4. The smallest absolute Gasteiger partial charge is 0.251 e. The fourth-order valence-corrected chi connectivity index (χ4v) is 2.58. The molecule has 4 aromatic rings. The van der Waals surface area contributed by atoms with Crippen LogP contribution in [0.2, 0.25) is 0 Å². The zero-order chi connectivity index (χ0) is 18.1. The van der Waals surface area contributed by atoms with Crippen molar-refractivity contribution in [1.29, 1.82) is 0 Å². The van der Waals surface area contributed by atoms with Gasteiger partial charge in [0.25, 0.3) is 5.91 Å².